The lowest BCUT2D eigenvalue weighted by Gasteiger charge is -2.11. The maximum Gasteiger partial charge on any atom is 0.199 e. The topological polar surface area (TPSA) is 40.4 Å². The molecular weight excluding hydrogens is 286 g/mol. The Labute approximate surface area is 137 Å². The van der Waals surface area contributed by atoms with Gasteiger partial charge in [-0.15, -0.1) is 0 Å². The van der Waals surface area contributed by atoms with Crippen molar-refractivity contribution >= 4 is 22.5 Å². The quantitative estimate of drug-likeness (QED) is 0.718. The van der Waals surface area contributed by atoms with Crippen molar-refractivity contribution in [3.8, 4) is 0 Å². The fraction of sp³-hybridized carbons (Fsp3) is 0.263. The van der Waals surface area contributed by atoms with Gasteiger partial charge in [-0.25, -0.2) is 0 Å². The Morgan fingerprint density at radius 3 is 2.43 bits per heavy atom. The van der Waals surface area contributed by atoms with Gasteiger partial charge in [0.05, 0.1) is 0 Å². The predicted octanol–water partition coefficient (Wildman–Crippen LogP) is 4.15. The van der Waals surface area contributed by atoms with Crippen LogP contribution in [0.25, 0.3) is 11.0 Å². The second kappa shape index (κ2) is 6.75. The van der Waals surface area contributed by atoms with Crippen molar-refractivity contribution in [2.24, 2.45) is 0 Å². The van der Waals surface area contributed by atoms with Crippen LogP contribution in [0.2, 0.25) is 0 Å². The minimum absolute atomic E-state index is 0.740. The first-order valence-electron chi connectivity index (χ1n) is 7.83. The number of rotatable bonds is 6. The molecule has 3 aromatic rings. The highest BCUT2D eigenvalue weighted by molar-refractivity contribution is 5.85. The van der Waals surface area contributed by atoms with Gasteiger partial charge >= 0.3 is 0 Å². The van der Waals surface area contributed by atoms with Gasteiger partial charge in [0.15, 0.2) is 5.88 Å². The fourth-order valence-corrected chi connectivity index (χ4v) is 2.69. The predicted molar refractivity (Wildman–Crippen MR) is 96.9 cm³/mol. The number of nitrogens with one attached hydrogen (secondary N) is 2. The van der Waals surface area contributed by atoms with E-state index in [0.717, 1.165) is 30.2 Å². The SMILES string of the molecule is CNc1ccc(CNc2oc3ccccc3c2CN(C)C)cc1. The standard InChI is InChI=1S/C19H23N3O/c1-20-15-10-8-14(9-11-15)12-21-19-17(13-22(2)3)16-6-4-5-7-18(16)23-19/h4-11,20-21H,12-13H2,1-3H3. The Morgan fingerprint density at radius 2 is 1.74 bits per heavy atom. The molecule has 2 N–H and O–H groups in total. The van der Waals surface area contributed by atoms with E-state index >= 15 is 0 Å². The molecule has 0 unspecified atom stereocenters. The van der Waals surface area contributed by atoms with Crippen molar-refractivity contribution in [1.82, 2.24) is 4.90 Å². The largest absolute Gasteiger partial charge is 0.440 e. The zero-order valence-corrected chi connectivity index (χ0v) is 13.9. The molecule has 0 spiro atoms. The summed E-state index contributed by atoms with van der Waals surface area (Å²) >= 11 is 0. The van der Waals surface area contributed by atoms with Crippen molar-refractivity contribution in [2.75, 3.05) is 31.8 Å². The molecule has 23 heavy (non-hydrogen) atoms. The lowest BCUT2D eigenvalue weighted by molar-refractivity contribution is 0.402. The molecule has 0 aliphatic rings. The van der Waals surface area contributed by atoms with Crippen LogP contribution in [0, 0.1) is 0 Å². The van der Waals surface area contributed by atoms with Gasteiger partial charge in [-0.05, 0) is 37.9 Å². The van der Waals surface area contributed by atoms with E-state index in [1.807, 2.05) is 19.2 Å². The molecule has 1 heterocycles. The molecule has 4 heteroatoms. The summed E-state index contributed by atoms with van der Waals surface area (Å²) in [5.41, 5.74) is 4.47. The summed E-state index contributed by atoms with van der Waals surface area (Å²) in [5, 5.41) is 7.76. The van der Waals surface area contributed by atoms with E-state index in [9.17, 15) is 0 Å². The molecule has 0 aliphatic heterocycles. The summed E-state index contributed by atoms with van der Waals surface area (Å²) in [6.07, 6.45) is 0. The third-order valence-electron chi connectivity index (χ3n) is 3.87. The van der Waals surface area contributed by atoms with E-state index in [1.54, 1.807) is 0 Å². The number of hydrogen-bond donors (Lipinski definition) is 2. The van der Waals surface area contributed by atoms with Crippen LogP contribution >= 0.6 is 0 Å². The van der Waals surface area contributed by atoms with Crippen molar-refractivity contribution < 1.29 is 4.42 Å². The zero-order chi connectivity index (χ0) is 16.2. The first-order valence-corrected chi connectivity index (χ1v) is 7.83. The zero-order valence-electron chi connectivity index (χ0n) is 13.9. The third kappa shape index (κ3) is 3.48. The highest BCUT2D eigenvalue weighted by Gasteiger charge is 2.14. The van der Waals surface area contributed by atoms with Crippen molar-refractivity contribution in [2.45, 2.75) is 13.1 Å². The Hall–Kier alpha value is -2.46. The molecule has 3 rings (SSSR count). The summed E-state index contributed by atoms with van der Waals surface area (Å²) in [7, 11) is 6.07. The van der Waals surface area contributed by atoms with Crippen LogP contribution in [0.3, 0.4) is 0 Å². The number of fused-ring (bicyclic) bond motifs is 1. The fourth-order valence-electron chi connectivity index (χ4n) is 2.69. The Balaban J connectivity index is 1.83. The van der Waals surface area contributed by atoms with E-state index in [2.05, 4.69) is 66.0 Å². The molecule has 1 aromatic heterocycles. The van der Waals surface area contributed by atoms with Crippen LogP contribution in [0.4, 0.5) is 11.6 Å². The molecule has 0 amide bonds. The maximum absolute atomic E-state index is 6.02. The number of furan rings is 1. The van der Waals surface area contributed by atoms with Gasteiger partial charge in [0.1, 0.15) is 5.58 Å². The van der Waals surface area contributed by atoms with Gasteiger partial charge < -0.3 is 20.0 Å². The Bertz CT molecular complexity index is 775. The lowest BCUT2D eigenvalue weighted by Crippen LogP contribution is -2.12. The van der Waals surface area contributed by atoms with Crippen LogP contribution < -0.4 is 10.6 Å². The normalized spacial score (nSPS) is 11.1. The molecule has 0 saturated heterocycles. The van der Waals surface area contributed by atoms with Crippen LogP contribution in [0.15, 0.2) is 52.9 Å². The highest BCUT2D eigenvalue weighted by Crippen LogP contribution is 2.31. The van der Waals surface area contributed by atoms with Gasteiger partial charge in [-0.1, -0.05) is 30.3 Å². The Kier molecular flexibility index (Phi) is 4.53. The highest BCUT2D eigenvalue weighted by atomic mass is 16.3. The van der Waals surface area contributed by atoms with Crippen LogP contribution in [-0.2, 0) is 13.1 Å². The Morgan fingerprint density at radius 1 is 1.00 bits per heavy atom. The van der Waals surface area contributed by atoms with Gasteiger partial charge in [0.25, 0.3) is 0 Å². The minimum atomic E-state index is 0.740. The van der Waals surface area contributed by atoms with E-state index in [0.29, 0.717) is 0 Å². The van der Waals surface area contributed by atoms with Gasteiger partial charge in [0, 0.05) is 36.8 Å². The number of nitrogens with zero attached hydrogens (tertiary/aromatic N) is 1. The molecular formula is C19H23N3O. The van der Waals surface area contributed by atoms with Crippen LogP contribution in [0.5, 0.6) is 0 Å². The molecule has 0 bridgehead atoms. The molecule has 120 valence electrons. The van der Waals surface area contributed by atoms with Crippen molar-refractivity contribution in [3.05, 3.63) is 59.7 Å². The monoisotopic (exact) mass is 309 g/mol. The van der Waals surface area contributed by atoms with Crippen molar-refractivity contribution in [3.63, 3.8) is 0 Å². The molecule has 0 fully saturated rings. The minimum Gasteiger partial charge on any atom is -0.440 e. The third-order valence-corrected chi connectivity index (χ3v) is 3.87. The molecule has 0 saturated carbocycles. The summed E-state index contributed by atoms with van der Waals surface area (Å²) in [4.78, 5) is 2.16. The maximum atomic E-state index is 6.02. The van der Waals surface area contributed by atoms with Crippen molar-refractivity contribution in [1.29, 1.82) is 0 Å². The smallest absolute Gasteiger partial charge is 0.199 e. The first kappa shape index (κ1) is 15.4. The van der Waals surface area contributed by atoms with Crippen LogP contribution in [-0.4, -0.2) is 26.0 Å². The average Bonchev–Trinajstić information content (AvgIpc) is 2.91. The number of benzene rings is 2. The molecule has 0 radical (unpaired) electrons. The molecule has 2 aromatic carbocycles. The second-order valence-electron chi connectivity index (χ2n) is 5.94. The number of hydrogen-bond acceptors (Lipinski definition) is 4. The average molecular weight is 309 g/mol. The molecule has 0 atom stereocenters. The lowest BCUT2D eigenvalue weighted by atomic mass is 10.1. The van der Waals surface area contributed by atoms with Gasteiger partial charge in [-0.2, -0.15) is 0 Å². The van der Waals surface area contributed by atoms with E-state index < -0.39 is 0 Å². The second-order valence-corrected chi connectivity index (χ2v) is 5.94. The van der Waals surface area contributed by atoms with E-state index in [-0.39, 0.29) is 0 Å². The molecule has 4 nitrogen and oxygen atoms in total. The van der Waals surface area contributed by atoms with Gasteiger partial charge in [-0.3, -0.25) is 0 Å². The number of para-hydroxylation sites is 1. The summed E-state index contributed by atoms with van der Waals surface area (Å²) < 4.78 is 6.02. The van der Waals surface area contributed by atoms with Gasteiger partial charge in [0.2, 0.25) is 0 Å². The van der Waals surface area contributed by atoms with E-state index in [4.69, 9.17) is 4.42 Å². The van der Waals surface area contributed by atoms with E-state index in [1.165, 1.54) is 16.5 Å². The molecule has 0 aliphatic carbocycles. The number of anilines is 2. The summed E-state index contributed by atoms with van der Waals surface area (Å²) in [6, 6.07) is 16.6. The first-order chi connectivity index (χ1) is 11.2. The summed E-state index contributed by atoms with van der Waals surface area (Å²) in [5.74, 6) is 0.859. The summed E-state index contributed by atoms with van der Waals surface area (Å²) in [6.45, 7) is 1.59. The van der Waals surface area contributed by atoms with Crippen LogP contribution in [0.1, 0.15) is 11.1 Å².